The van der Waals surface area contributed by atoms with Crippen LogP contribution in [0.5, 0.6) is 5.75 Å². The highest BCUT2D eigenvalue weighted by molar-refractivity contribution is 6.07. The topological polar surface area (TPSA) is 78.9 Å². The fourth-order valence-corrected chi connectivity index (χ4v) is 4.25. The van der Waals surface area contributed by atoms with Crippen LogP contribution in [0, 0.1) is 0 Å². The van der Waals surface area contributed by atoms with Gasteiger partial charge in [0.15, 0.2) is 5.54 Å². The summed E-state index contributed by atoms with van der Waals surface area (Å²) < 4.78 is 5.80. The van der Waals surface area contributed by atoms with Gasteiger partial charge in [-0.05, 0) is 29.2 Å². The van der Waals surface area contributed by atoms with Crippen molar-refractivity contribution in [1.29, 1.82) is 0 Å². The van der Waals surface area contributed by atoms with Gasteiger partial charge in [-0.25, -0.2) is 4.79 Å². The largest absolute Gasteiger partial charge is 0.491 e. The molecule has 0 bridgehead atoms. The number of nitrogens with one attached hydrogen (secondary N) is 1. The number of ether oxygens (including phenoxy) is 1. The van der Waals surface area contributed by atoms with E-state index in [0.29, 0.717) is 24.2 Å². The van der Waals surface area contributed by atoms with Crippen LogP contribution in [-0.2, 0) is 23.2 Å². The first-order valence-corrected chi connectivity index (χ1v) is 11.3. The number of carbonyl (C=O) groups is 2. The number of allylic oxidation sites excluding steroid dienone is 1. The van der Waals surface area contributed by atoms with Crippen LogP contribution in [0.4, 0.5) is 4.79 Å². The van der Waals surface area contributed by atoms with Crippen LogP contribution < -0.4 is 10.1 Å². The molecule has 6 heteroatoms. The summed E-state index contributed by atoms with van der Waals surface area (Å²) in [5.41, 5.74) is 1.33. The highest BCUT2D eigenvalue weighted by Crippen LogP contribution is 2.33. The van der Waals surface area contributed by atoms with Crippen molar-refractivity contribution in [1.82, 2.24) is 10.2 Å². The van der Waals surface area contributed by atoms with Crippen molar-refractivity contribution in [3.63, 3.8) is 0 Å². The van der Waals surface area contributed by atoms with Gasteiger partial charge < -0.3 is 15.2 Å². The van der Waals surface area contributed by atoms with Crippen molar-refractivity contribution in [3.05, 3.63) is 114 Å². The molecular weight excluding hydrogens is 428 g/mol. The second kappa shape index (κ2) is 10.4. The van der Waals surface area contributed by atoms with Gasteiger partial charge in [-0.15, -0.1) is 6.58 Å². The minimum Gasteiger partial charge on any atom is -0.491 e. The molecule has 174 valence electrons. The second-order valence-corrected chi connectivity index (χ2v) is 8.34. The Morgan fingerprint density at radius 1 is 0.971 bits per heavy atom. The van der Waals surface area contributed by atoms with Crippen LogP contribution in [-0.4, -0.2) is 41.2 Å². The monoisotopic (exact) mass is 456 g/mol. The van der Waals surface area contributed by atoms with Crippen molar-refractivity contribution in [2.24, 2.45) is 0 Å². The van der Waals surface area contributed by atoms with Crippen LogP contribution in [0.3, 0.4) is 0 Å². The molecule has 1 heterocycles. The van der Waals surface area contributed by atoms with E-state index in [2.05, 4.69) is 11.9 Å². The summed E-state index contributed by atoms with van der Waals surface area (Å²) >= 11 is 0. The molecule has 0 aliphatic carbocycles. The summed E-state index contributed by atoms with van der Waals surface area (Å²) in [4.78, 5) is 27.7. The molecule has 2 atom stereocenters. The van der Waals surface area contributed by atoms with Crippen molar-refractivity contribution in [2.75, 3.05) is 13.2 Å². The van der Waals surface area contributed by atoms with E-state index in [0.717, 1.165) is 16.0 Å². The minimum atomic E-state index is -1.24. The number of carbonyl (C=O) groups excluding carboxylic acids is 2. The van der Waals surface area contributed by atoms with Gasteiger partial charge in [-0.1, -0.05) is 84.9 Å². The first kappa shape index (κ1) is 23.3. The number of β-amino-alcohol motifs (C(OH)–C–C–N with tert-alkyl or cyclic N) is 1. The molecule has 2 unspecified atom stereocenters. The summed E-state index contributed by atoms with van der Waals surface area (Å²) in [6.07, 6.45) is 1.68. The van der Waals surface area contributed by atoms with E-state index >= 15 is 0 Å². The Morgan fingerprint density at radius 3 is 2.32 bits per heavy atom. The van der Waals surface area contributed by atoms with Gasteiger partial charge in [0.05, 0.1) is 6.54 Å². The Bertz CT molecular complexity index is 1150. The zero-order valence-electron chi connectivity index (χ0n) is 18.9. The fraction of sp³-hybridized carbons (Fsp3) is 0.214. The van der Waals surface area contributed by atoms with E-state index in [1.54, 1.807) is 6.08 Å². The Hall–Kier alpha value is -3.90. The third-order valence-electron chi connectivity index (χ3n) is 5.92. The molecule has 0 radical (unpaired) electrons. The number of aliphatic hydroxyl groups is 1. The highest BCUT2D eigenvalue weighted by Gasteiger charge is 2.52. The molecule has 1 aliphatic heterocycles. The Labute approximate surface area is 199 Å². The van der Waals surface area contributed by atoms with E-state index < -0.39 is 23.6 Å². The van der Waals surface area contributed by atoms with Gasteiger partial charge in [0.25, 0.3) is 5.91 Å². The summed E-state index contributed by atoms with van der Waals surface area (Å²) in [6.45, 7) is 3.53. The van der Waals surface area contributed by atoms with E-state index in [1.807, 2.05) is 84.9 Å². The Balaban J connectivity index is 1.51. The number of rotatable bonds is 10. The van der Waals surface area contributed by atoms with Gasteiger partial charge in [-0.2, -0.15) is 0 Å². The standard InChI is InChI=1S/C28H28N2O4/c1-2-11-22-14-9-10-17-25(22)34-20-24(31)19-30-26(32)28(29-27(30)33,23-15-7-4-8-16-23)18-21-12-5-3-6-13-21/h2-10,12-17,24,31H,1,11,18-20H2,(H,29,33). The lowest BCUT2D eigenvalue weighted by Crippen LogP contribution is -2.46. The molecule has 1 saturated heterocycles. The van der Waals surface area contributed by atoms with Gasteiger partial charge in [0.2, 0.25) is 0 Å². The number of urea groups is 1. The molecule has 3 aromatic carbocycles. The molecule has 1 fully saturated rings. The number of aliphatic hydroxyl groups excluding tert-OH is 1. The average molecular weight is 457 g/mol. The molecule has 1 aliphatic rings. The summed E-state index contributed by atoms with van der Waals surface area (Å²) in [5, 5.41) is 13.6. The average Bonchev–Trinajstić information content (AvgIpc) is 3.10. The van der Waals surface area contributed by atoms with Crippen LogP contribution >= 0.6 is 0 Å². The molecule has 2 N–H and O–H groups in total. The number of benzene rings is 3. The first-order chi connectivity index (χ1) is 16.5. The van der Waals surface area contributed by atoms with Gasteiger partial charge in [0.1, 0.15) is 18.5 Å². The third kappa shape index (κ3) is 4.87. The molecule has 0 saturated carbocycles. The predicted octanol–water partition coefficient (Wildman–Crippen LogP) is 3.84. The normalized spacial score (nSPS) is 18.4. The molecule has 34 heavy (non-hydrogen) atoms. The van der Waals surface area contributed by atoms with Crippen molar-refractivity contribution >= 4 is 11.9 Å². The first-order valence-electron chi connectivity index (χ1n) is 11.3. The number of amides is 3. The highest BCUT2D eigenvalue weighted by atomic mass is 16.5. The van der Waals surface area contributed by atoms with E-state index in [4.69, 9.17) is 4.74 Å². The lowest BCUT2D eigenvalue weighted by molar-refractivity contribution is -0.132. The third-order valence-corrected chi connectivity index (χ3v) is 5.92. The maximum Gasteiger partial charge on any atom is 0.325 e. The maximum atomic E-state index is 13.7. The zero-order valence-corrected chi connectivity index (χ0v) is 18.9. The lowest BCUT2D eigenvalue weighted by Gasteiger charge is -2.28. The van der Waals surface area contributed by atoms with E-state index in [1.165, 1.54) is 0 Å². The summed E-state index contributed by atoms with van der Waals surface area (Å²) in [7, 11) is 0. The summed E-state index contributed by atoms with van der Waals surface area (Å²) in [5.74, 6) is 0.250. The van der Waals surface area contributed by atoms with Crippen molar-refractivity contribution in [3.8, 4) is 5.75 Å². The van der Waals surface area contributed by atoms with Crippen LogP contribution in [0.1, 0.15) is 16.7 Å². The van der Waals surface area contributed by atoms with Crippen LogP contribution in [0.2, 0.25) is 0 Å². The van der Waals surface area contributed by atoms with Gasteiger partial charge in [-0.3, -0.25) is 9.69 Å². The lowest BCUT2D eigenvalue weighted by atomic mass is 9.83. The molecule has 0 aromatic heterocycles. The maximum absolute atomic E-state index is 13.7. The molecule has 3 aromatic rings. The summed E-state index contributed by atoms with van der Waals surface area (Å²) in [6, 6.07) is 25.8. The smallest absolute Gasteiger partial charge is 0.325 e. The van der Waals surface area contributed by atoms with Crippen molar-refractivity contribution in [2.45, 2.75) is 24.5 Å². The number of nitrogens with zero attached hydrogens (tertiary/aromatic N) is 1. The quantitative estimate of drug-likeness (QED) is 0.359. The Kier molecular flexibility index (Phi) is 7.09. The minimum absolute atomic E-state index is 0.0533. The van der Waals surface area contributed by atoms with Gasteiger partial charge in [0, 0.05) is 6.42 Å². The Morgan fingerprint density at radius 2 is 1.62 bits per heavy atom. The number of hydrogen-bond donors (Lipinski definition) is 2. The van der Waals surface area contributed by atoms with Gasteiger partial charge >= 0.3 is 6.03 Å². The zero-order chi connectivity index (χ0) is 24.0. The molecule has 3 amide bonds. The molecule has 4 rings (SSSR count). The molecule has 6 nitrogen and oxygen atoms in total. The molecule has 0 spiro atoms. The van der Waals surface area contributed by atoms with E-state index in [9.17, 15) is 14.7 Å². The number of imide groups is 1. The predicted molar refractivity (Wildman–Crippen MR) is 130 cm³/mol. The van der Waals surface area contributed by atoms with Crippen molar-refractivity contribution < 1.29 is 19.4 Å². The van der Waals surface area contributed by atoms with E-state index in [-0.39, 0.29) is 13.2 Å². The SMILES string of the molecule is C=CCc1ccccc1OCC(O)CN1C(=O)NC(Cc2ccccc2)(c2ccccc2)C1=O. The van der Waals surface area contributed by atoms with Crippen LogP contribution in [0.25, 0.3) is 0 Å². The molecular formula is C28H28N2O4. The number of hydrogen-bond acceptors (Lipinski definition) is 4. The fourth-order valence-electron chi connectivity index (χ4n) is 4.25. The second-order valence-electron chi connectivity index (χ2n) is 8.34. The van der Waals surface area contributed by atoms with Crippen LogP contribution in [0.15, 0.2) is 97.6 Å². The number of para-hydroxylation sites is 1.